The predicted molar refractivity (Wildman–Crippen MR) is 233 cm³/mol. The van der Waals surface area contributed by atoms with Crippen LogP contribution in [0.4, 0.5) is 0 Å². The average Bonchev–Trinajstić information content (AvgIpc) is 3.18. The van der Waals surface area contributed by atoms with Gasteiger partial charge in [0.25, 0.3) is 0 Å². The van der Waals surface area contributed by atoms with Gasteiger partial charge in [-0.05, 0) is 44.9 Å². The Morgan fingerprint density at radius 2 is 0.600 bits per heavy atom. The first kappa shape index (κ1) is 53.1. The van der Waals surface area contributed by atoms with E-state index in [0.29, 0.717) is 19.3 Å². The van der Waals surface area contributed by atoms with Gasteiger partial charge in [0.2, 0.25) is 0 Å². The van der Waals surface area contributed by atoms with Crippen LogP contribution in [0.5, 0.6) is 0 Å². The second-order valence-electron chi connectivity index (χ2n) is 16.4. The molecule has 1 unspecified atom stereocenters. The van der Waals surface area contributed by atoms with Crippen molar-refractivity contribution in [2.24, 2.45) is 0 Å². The largest absolute Gasteiger partial charge is 0.462 e. The zero-order valence-electron chi connectivity index (χ0n) is 37.0. The van der Waals surface area contributed by atoms with Gasteiger partial charge in [0.05, 0.1) is 0 Å². The molecule has 0 N–H and O–H groups in total. The summed E-state index contributed by atoms with van der Waals surface area (Å²) in [5.74, 6) is -0.867. The molecule has 0 saturated heterocycles. The maximum Gasteiger partial charge on any atom is 0.306 e. The summed E-state index contributed by atoms with van der Waals surface area (Å²) in [6.07, 6.45) is 47.6. The van der Waals surface area contributed by atoms with Crippen LogP contribution in [0.1, 0.15) is 265 Å². The summed E-state index contributed by atoms with van der Waals surface area (Å²) in [5.41, 5.74) is 0. The Hall–Kier alpha value is -1.85. The molecular formula is C49H92O6. The molecule has 0 amide bonds. The number of hydrogen-bond acceptors (Lipinski definition) is 6. The Labute approximate surface area is 341 Å². The van der Waals surface area contributed by atoms with Crippen LogP contribution in [0.2, 0.25) is 0 Å². The lowest BCUT2D eigenvalue weighted by molar-refractivity contribution is -0.167. The average molecular weight is 777 g/mol. The Morgan fingerprint density at radius 1 is 0.345 bits per heavy atom. The number of esters is 3. The lowest BCUT2D eigenvalue weighted by Crippen LogP contribution is -2.30. The highest BCUT2D eigenvalue weighted by molar-refractivity contribution is 5.71. The molecule has 0 radical (unpaired) electrons. The van der Waals surface area contributed by atoms with E-state index in [1.807, 2.05) is 0 Å². The van der Waals surface area contributed by atoms with Gasteiger partial charge in [-0.1, -0.05) is 213 Å². The molecule has 0 spiro atoms. The Bertz CT molecular complexity index is 854. The molecule has 0 aliphatic carbocycles. The standard InChI is InChI=1S/C49H92O6/c1-4-7-10-13-16-19-22-24-26-27-30-33-36-39-42-48(51)54-45-46(44-53-47(50)41-38-35-32-29-21-18-15-12-9-6-3)55-49(52)43-40-37-34-31-28-25-23-20-17-14-11-8-5-2/h22,24,46H,4-21,23,25-45H2,1-3H3/b24-22-. The van der Waals surface area contributed by atoms with Crippen molar-refractivity contribution in [2.45, 2.75) is 271 Å². The van der Waals surface area contributed by atoms with Crippen molar-refractivity contribution in [3.63, 3.8) is 0 Å². The van der Waals surface area contributed by atoms with Crippen molar-refractivity contribution in [3.05, 3.63) is 12.2 Å². The third kappa shape index (κ3) is 43.1. The van der Waals surface area contributed by atoms with Gasteiger partial charge in [0, 0.05) is 19.3 Å². The summed E-state index contributed by atoms with van der Waals surface area (Å²) in [6, 6.07) is 0. The SMILES string of the molecule is CCCCCCC/C=C\CCCCCCCC(=O)OCC(COC(=O)CCCCCCCCCCCC)OC(=O)CCCCCCCCCCCCCCC. The van der Waals surface area contributed by atoms with Crippen LogP contribution < -0.4 is 0 Å². The van der Waals surface area contributed by atoms with E-state index in [1.54, 1.807) is 0 Å². The summed E-state index contributed by atoms with van der Waals surface area (Å²) in [4.78, 5) is 37.8. The second-order valence-corrected chi connectivity index (χ2v) is 16.4. The van der Waals surface area contributed by atoms with Crippen molar-refractivity contribution in [1.29, 1.82) is 0 Å². The van der Waals surface area contributed by atoms with Crippen LogP contribution in [0.3, 0.4) is 0 Å². The molecule has 0 bridgehead atoms. The Kier molecular flexibility index (Phi) is 43.4. The summed E-state index contributed by atoms with van der Waals surface area (Å²) in [6.45, 7) is 6.63. The Balaban J connectivity index is 4.33. The van der Waals surface area contributed by atoms with Gasteiger partial charge in [-0.15, -0.1) is 0 Å². The van der Waals surface area contributed by atoms with Crippen molar-refractivity contribution >= 4 is 17.9 Å². The van der Waals surface area contributed by atoms with Crippen LogP contribution in [-0.4, -0.2) is 37.2 Å². The highest BCUT2D eigenvalue weighted by atomic mass is 16.6. The molecule has 0 aliphatic heterocycles. The molecule has 0 aliphatic rings. The minimum absolute atomic E-state index is 0.0679. The van der Waals surface area contributed by atoms with Crippen LogP contribution in [0, 0.1) is 0 Å². The van der Waals surface area contributed by atoms with Gasteiger partial charge in [0.1, 0.15) is 13.2 Å². The molecule has 324 valence electrons. The molecule has 0 heterocycles. The molecule has 55 heavy (non-hydrogen) atoms. The summed E-state index contributed by atoms with van der Waals surface area (Å²) in [7, 11) is 0. The van der Waals surface area contributed by atoms with E-state index in [4.69, 9.17) is 14.2 Å². The fourth-order valence-corrected chi connectivity index (χ4v) is 7.08. The summed E-state index contributed by atoms with van der Waals surface area (Å²) < 4.78 is 16.7. The molecule has 6 nitrogen and oxygen atoms in total. The lowest BCUT2D eigenvalue weighted by atomic mass is 10.0. The monoisotopic (exact) mass is 777 g/mol. The molecule has 0 saturated carbocycles. The van der Waals surface area contributed by atoms with Crippen molar-refractivity contribution < 1.29 is 28.6 Å². The van der Waals surface area contributed by atoms with Crippen molar-refractivity contribution in [3.8, 4) is 0 Å². The fraction of sp³-hybridized carbons (Fsp3) is 0.898. The molecule has 6 heteroatoms. The van der Waals surface area contributed by atoms with E-state index in [9.17, 15) is 14.4 Å². The van der Waals surface area contributed by atoms with E-state index < -0.39 is 6.10 Å². The maximum atomic E-state index is 12.7. The highest BCUT2D eigenvalue weighted by Gasteiger charge is 2.19. The van der Waals surface area contributed by atoms with Gasteiger partial charge in [0.15, 0.2) is 6.10 Å². The maximum absolute atomic E-state index is 12.7. The zero-order chi connectivity index (χ0) is 40.1. The number of carbonyl (C=O) groups is 3. The summed E-state index contributed by atoms with van der Waals surface area (Å²) in [5, 5.41) is 0. The van der Waals surface area contributed by atoms with Gasteiger partial charge < -0.3 is 14.2 Å². The molecule has 0 aromatic carbocycles. The van der Waals surface area contributed by atoms with Crippen LogP contribution in [0.15, 0.2) is 12.2 Å². The van der Waals surface area contributed by atoms with Crippen molar-refractivity contribution in [2.75, 3.05) is 13.2 Å². The molecule has 0 fully saturated rings. The lowest BCUT2D eigenvalue weighted by Gasteiger charge is -2.18. The van der Waals surface area contributed by atoms with Crippen LogP contribution in [0.25, 0.3) is 0 Å². The first-order chi connectivity index (χ1) is 27.0. The van der Waals surface area contributed by atoms with Crippen LogP contribution in [-0.2, 0) is 28.6 Å². The van der Waals surface area contributed by atoms with E-state index in [-0.39, 0.29) is 31.1 Å². The Morgan fingerprint density at radius 3 is 0.909 bits per heavy atom. The van der Waals surface area contributed by atoms with E-state index in [1.165, 1.54) is 161 Å². The predicted octanol–water partition coefficient (Wildman–Crippen LogP) is 15.4. The molecule has 0 aromatic rings. The van der Waals surface area contributed by atoms with Gasteiger partial charge in [-0.2, -0.15) is 0 Å². The highest BCUT2D eigenvalue weighted by Crippen LogP contribution is 2.15. The molecule has 0 rings (SSSR count). The third-order valence-electron chi connectivity index (χ3n) is 10.8. The number of carbonyl (C=O) groups excluding carboxylic acids is 3. The van der Waals surface area contributed by atoms with Gasteiger partial charge >= 0.3 is 17.9 Å². The number of hydrogen-bond donors (Lipinski definition) is 0. The smallest absolute Gasteiger partial charge is 0.306 e. The van der Waals surface area contributed by atoms with Crippen molar-refractivity contribution in [1.82, 2.24) is 0 Å². The number of rotatable bonds is 44. The minimum atomic E-state index is -0.764. The van der Waals surface area contributed by atoms with Crippen LogP contribution >= 0.6 is 0 Å². The van der Waals surface area contributed by atoms with Gasteiger partial charge in [-0.25, -0.2) is 0 Å². The fourth-order valence-electron chi connectivity index (χ4n) is 7.08. The number of unbranched alkanes of at least 4 members (excludes halogenated alkanes) is 31. The third-order valence-corrected chi connectivity index (χ3v) is 10.8. The topological polar surface area (TPSA) is 78.9 Å². The number of ether oxygens (including phenoxy) is 3. The normalized spacial score (nSPS) is 12.0. The number of allylic oxidation sites excluding steroid dienone is 2. The molecule has 0 aromatic heterocycles. The minimum Gasteiger partial charge on any atom is -0.462 e. The molecule has 1 atom stereocenters. The van der Waals surface area contributed by atoms with E-state index >= 15 is 0 Å². The molecular weight excluding hydrogens is 685 g/mol. The first-order valence-corrected chi connectivity index (χ1v) is 24.2. The second kappa shape index (κ2) is 44.9. The quantitative estimate of drug-likeness (QED) is 0.0265. The first-order valence-electron chi connectivity index (χ1n) is 24.2. The summed E-state index contributed by atoms with van der Waals surface area (Å²) >= 11 is 0. The van der Waals surface area contributed by atoms with E-state index in [0.717, 1.165) is 64.2 Å². The zero-order valence-corrected chi connectivity index (χ0v) is 37.0. The van der Waals surface area contributed by atoms with E-state index in [2.05, 4.69) is 32.9 Å². The van der Waals surface area contributed by atoms with Gasteiger partial charge in [-0.3, -0.25) is 14.4 Å².